The third-order valence-corrected chi connectivity index (χ3v) is 5.68. The second-order valence-electron chi connectivity index (χ2n) is 7.45. The third kappa shape index (κ3) is 2.53. The molecule has 0 aliphatic heterocycles. The van der Waals surface area contributed by atoms with Gasteiger partial charge in [0, 0.05) is 23.1 Å². The maximum atomic E-state index is 14.3. The van der Waals surface area contributed by atoms with Crippen molar-refractivity contribution < 1.29 is 13.5 Å². The van der Waals surface area contributed by atoms with Crippen molar-refractivity contribution >= 4 is 21.9 Å². The van der Waals surface area contributed by atoms with E-state index in [4.69, 9.17) is 4.98 Å². The van der Waals surface area contributed by atoms with Crippen molar-refractivity contribution in [3.05, 3.63) is 70.6 Å². The molecule has 0 bridgehead atoms. The van der Waals surface area contributed by atoms with Crippen LogP contribution in [-0.2, 0) is 6.54 Å². The molecule has 0 atom stereocenters. The number of imidazole rings is 1. The Kier molecular flexibility index (Phi) is 3.79. The summed E-state index contributed by atoms with van der Waals surface area (Å²) in [6.45, 7) is 2.32. The zero-order valence-corrected chi connectivity index (χ0v) is 15.3. The Hall–Kier alpha value is -3.09. The van der Waals surface area contributed by atoms with Crippen molar-refractivity contribution in [3.8, 4) is 0 Å². The van der Waals surface area contributed by atoms with E-state index in [1.807, 2.05) is 17.6 Å². The number of pyridine rings is 2. The van der Waals surface area contributed by atoms with E-state index in [0.29, 0.717) is 28.1 Å². The number of nitrogens with zero attached hydrogens (tertiary/aromatic N) is 4. The van der Waals surface area contributed by atoms with Gasteiger partial charge in [-0.25, -0.2) is 18.7 Å². The lowest BCUT2D eigenvalue weighted by molar-refractivity contribution is -0.604. The van der Waals surface area contributed by atoms with Gasteiger partial charge in [-0.05, 0) is 37.5 Å². The van der Waals surface area contributed by atoms with Crippen LogP contribution in [-0.4, -0.2) is 14.5 Å². The third-order valence-electron chi connectivity index (χ3n) is 5.68. The molecule has 1 fully saturated rings. The minimum atomic E-state index is -1.01. The Bertz CT molecular complexity index is 1230. The van der Waals surface area contributed by atoms with Crippen LogP contribution in [0.5, 0.6) is 0 Å². The van der Waals surface area contributed by atoms with Crippen LogP contribution in [0, 0.1) is 23.8 Å². The molecule has 28 heavy (non-hydrogen) atoms. The minimum Gasteiger partial charge on any atom is -0.619 e. The van der Waals surface area contributed by atoms with Crippen molar-refractivity contribution in [1.29, 1.82) is 0 Å². The SMILES string of the molecule is Cc1ccnc2c1nc(C1CCC1)n2Cc1c[n+]([O-])cc2c(F)c(F)ccc12. The maximum Gasteiger partial charge on any atom is 0.191 e. The average Bonchev–Trinajstić information content (AvgIpc) is 2.97. The molecule has 0 amide bonds. The number of aryl methyl sites for hydroxylation is 1. The number of hydrogen-bond donors (Lipinski definition) is 0. The predicted octanol–water partition coefficient (Wildman–Crippen LogP) is 4.12. The van der Waals surface area contributed by atoms with Gasteiger partial charge < -0.3 is 9.77 Å². The second kappa shape index (κ2) is 6.22. The topological polar surface area (TPSA) is 57.7 Å². The zero-order chi connectivity index (χ0) is 19.4. The summed E-state index contributed by atoms with van der Waals surface area (Å²) in [5, 5.41) is 12.6. The highest BCUT2D eigenvalue weighted by molar-refractivity contribution is 5.85. The Morgan fingerprint density at radius 2 is 2.00 bits per heavy atom. The van der Waals surface area contributed by atoms with Gasteiger partial charge in [0.1, 0.15) is 11.3 Å². The smallest absolute Gasteiger partial charge is 0.191 e. The fraction of sp³-hybridized carbons (Fsp3) is 0.286. The molecule has 0 spiro atoms. The van der Waals surface area contributed by atoms with Gasteiger partial charge in [-0.2, -0.15) is 4.73 Å². The standard InChI is InChI=1S/C21H18F2N4O/c1-12-7-8-24-21-19(12)25-20(13-3-2-4-13)27(21)10-14-9-26(28)11-16-15(14)5-6-17(22)18(16)23/h5-9,11,13H,2-4,10H2,1H3. The predicted molar refractivity (Wildman–Crippen MR) is 101 cm³/mol. The van der Waals surface area contributed by atoms with Gasteiger partial charge in [0.15, 0.2) is 29.7 Å². The van der Waals surface area contributed by atoms with Gasteiger partial charge in [0.05, 0.1) is 11.9 Å². The molecule has 142 valence electrons. The first kappa shape index (κ1) is 17.0. The zero-order valence-electron chi connectivity index (χ0n) is 15.3. The van der Waals surface area contributed by atoms with E-state index in [0.717, 1.165) is 47.7 Å². The Morgan fingerprint density at radius 1 is 1.18 bits per heavy atom. The monoisotopic (exact) mass is 380 g/mol. The van der Waals surface area contributed by atoms with Gasteiger partial charge in [-0.15, -0.1) is 0 Å². The Balaban J connectivity index is 1.72. The molecule has 0 saturated heterocycles. The van der Waals surface area contributed by atoms with E-state index >= 15 is 0 Å². The van der Waals surface area contributed by atoms with E-state index < -0.39 is 11.6 Å². The fourth-order valence-corrected chi connectivity index (χ4v) is 3.95. The highest BCUT2D eigenvalue weighted by Crippen LogP contribution is 2.38. The van der Waals surface area contributed by atoms with Crippen LogP contribution in [0.4, 0.5) is 8.78 Å². The number of hydrogen-bond acceptors (Lipinski definition) is 3. The molecule has 0 unspecified atom stereocenters. The molecular formula is C21H18F2N4O. The van der Waals surface area contributed by atoms with Crippen LogP contribution < -0.4 is 4.73 Å². The van der Waals surface area contributed by atoms with Gasteiger partial charge in [0.25, 0.3) is 0 Å². The Labute approximate surface area is 159 Å². The summed E-state index contributed by atoms with van der Waals surface area (Å²) in [6, 6.07) is 4.54. The van der Waals surface area contributed by atoms with Crippen molar-refractivity contribution in [2.45, 2.75) is 38.6 Å². The summed E-state index contributed by atoms with van der Waals surface area (Å²) >= 11 is 0. The molecule has 7 heteroatoms. The Morgan fingerprint density at radius 3 is 2.75 bits per heavy atom. The van der Waals surface area contributed by atoms with E-state index in [9.17, 15) is 14.0 Å². The summed E-state index contributed by atoms with van der Waals surface area (Å²) in [5.41, 5.74) is 3.24. The van der Waals surface area contributed by atoms with E-state index in [2.05, 4.69) is 4.98 Å². The molecule has 5 rings (SSSR count). The fourth-order valence-electron chi connectivity index (χ4n) is 3.95. The average molecular weight is 380 g/mol. The molecule has 0 radical (unpaired) electrons. The van der Waals surface area contributed by atoms with Crippen molar-refractivity contribution in [1.82, 2.24) is 14.5 Å². The summed E-state index contributed by atoms with van der Waals surface area (Å²) in [7, 11) is 0. The number of halogens is 2. The largest absolute Gasteiger partial charge is 0.619 e. The van der Waals surface area contributed by atoms with E-state index in [1.54, 1.807) is 6.20 Å². The molecule has 5 nitrogen and oxygen atoms in total. The highest BCUT2D eigenvalue weighted by Gasteiger charge is 2.27. The van der Waals surface area contributed by atoms with Gasteiger partial charge in [-0.1, -0.05) is 12.5 Å². The van der Waals surface area contributed by atoms with Gasteiger partial charge >= 0.3 is 0 Å². The van der Waals surface area contributed by atoms with Crippen LogP contribution in [0.15, 0.2) is 36.8 Å². The first-order valence-electron chi connectivity index (χ1n) is 9.34. The molecule has 0 N–H and O–H groups in total. The normalized spacial score (nSPS) is 14.7. The molecule has 4 aromatic rings. The van der Waals surface area contributed by atoms with Crippen LogP contribution in [0.1, 0.15) is 42.1 Å². The molecular weight excluding hydrogens is 362 g/mol. The first-order valence-corrected chi connectivity index (χ1v) is 9.34. The van der Waals surface area contributed by atoms with Crippen molar-refractivity contribution in [2.75, 3.05) is 0 Å². The van der Waals surface area contributed by atoms with Gasteiger partial charge in [0.2, 0.25) is 0 Å². The maximum absolute atomic E-state index is 14.3. The summed E-state index contributed by atoms with van der Waals surface area (Å²) in [5.74, 6) is -0.671. The number of fused-ring (bicyclic) bond motifs is 2. The molecule has 3 heterocycles. The van der Waals surface area contributed by atoms with Crippen LogP contribution in [0.25, 0.3) is 21.9 Å². The molecule has 1 aliphatic rings. The minimum absolute atomic E-state index is 0.0220. The molecule has 3 aromatic heterocycles. The number of aromatic nitrogens is 4. The lowest BCUT2D eigenvalue weighted by Crippen LogP contribution is -2.26. The first-order chi connectivity index (χ1) is 13.5. The van der Waals surface area contributed by atoms with Crippen LogP contribution >= 0.6 is 0 Å². The highest BCUT2D eigenvalue weighted by atomic mass is 19.2. The summed E-state index contributed by atoms with van der Waals surface area (Å²) in [6.07, 6.45) is 7.52. The van der Waals surface area contributed by atoms with Crippen LogP contribution in [0.2, 0.25) is 0 Å². The van der Waals surface area contributed by atoms with E-state index in [-0.39, 0.29) is 5.39 Å². The lowest BCUT2D eigenvalue weighted by Gasteiger charge is -2.25. The summed E-state index contributed by atoms with van der Waals surface area (Å²) in [4.78, 5) is 9.36. The lowest BCUT2D eigenvalue weighted by atomic mass is 9.85. The summed E-state index contributed by atoms with van der Waals surface area (Å²) < 4.78 is 30.5. The number of benzene rings is 1. The van der Waals surface area contributed by atoms with Crippen LogP contribution in [0.3, 0.4) is 0 Å². The van der Waals surface area contributed by atoms with Crippen molar-refractivity contribution in [3.63, 3.8) is 0 Å². The number of rotatable bonds is 3. The molecule has 1 aliphatic carbocycles. The second-order valence-corrected chi connectivity index (χ2v) is 7.45. The van der Waals surface area contributed by atoms with E-state index in [1.165, 1.54) is 18.7 Å². The van der Waals surface area contributed by atoms with Gasteiger partial charge in [-0.3, -0.25) is 0 Å². The molecule has 1 aromatic carbocycles. The quantitative estimate of drug-likeness (QED) is 0.397. The van der Waals surface area contributed by atoms with Crippen molar-refractivity contribution in [2.24, 2.45) is 0 Å². The molecule has 1 saturated carbocycles.